The number of benzene rings is 1. The summed E-state index contributed by atoms with van der Waals surface area (Å²) in [4.78, 5) is 11.1. The van der Waals surface area contributed by atoms with E-state index < -0.39 is 24.1 Å². The summed E-state index contributed by atoms with van der Waals surface area (Å²) >= 11 is 0. The van der Waals surface area contributed by atoms with Gasteiger partial charge in [0.25, 0.3) is 0 Å². The average molecular weight is 292 g/mol. The second-order valence-corrected chi connectivity index (χ2v) is 5.25. The number of carboxylic acids is 1. The molecule has 0 amide bonds. The van der Waals surface area contributed by atoms with Gasteiger partial charge >= 0.3 is 5.97 Å². The van der Waals surface area contributed by atoms with Gasteiger partial charge in [-0.05, 0) is 30.9 Å². The van der Waals surface area contributed by atoms with Gasteiger partial charge in [0.05, 0.1) is 12.0 Å². The van der Waals surface area contributed by atoms with Gasteiger partial charge in [-0.1, -0.05) is 30.4 Å². The molecule has 0 radical (unpaired) electrons. The molecule has 0 bridgehead atoms. The Morgan fingerprint density at radius 1 is 1.33 bits per heavy atom. The first kappa shape index (κ1) is 15.5. The van der Waals surface area contributed by atoms with Crippen LogP contribution in [0.2, 0.25) is 0 Å². The third-order valence-corrected chi connectivity index (χ3v) is 3.70. The summed E-state index contributed by atoms with van der Waals surface area (Å²) < 4.78 is 5.41. The second kappa shape index (κ2) is 7.24. The van der Waals surface area contributed by atoms with E-state index in [0.717, 1.165) is 0 Å². The van der Waals surface area contributed by atoms with Gasteiger partial charge < -0.3 is 20.1 Å². The largest absolute Gasteiger partial charge is 0.491 e. The highest BCUT2D eigenvalue weighted by molar-refractivity contribution is 5.72. The Kier molecular flexibility index (Phi) is 5.36. The molecule has 1 aliphatic carbocycles. The summed E-state index contributed by atoms with van der Waals surface area (Å²) in [5, 5.41) is 28.6. The number of aliphatic carboxylic acids is 1. The Bertz CT molecular complexity index is 485. The number of para-hydroxylation sites is 1. The van der Waals surface area contributed by atoms with Crippen molar-refractivity contribution in [3.63, 3.8) is 0 Å². The van der Waals surface area contributed by atoms with Crippen LogP contribution in [0.5, 0.6) is 5.75 Å². The van der Waals surface area contributed by atoms with Gasteiger partial charge in [-0.25, -0.2) is 0 Å². The van der Waals surface area contributed by atoms with Crippen molar-refractivity contribution in [2.45, 2.75) is 25.0 Å². The first-order valence-electron chi connectivity index (χ1n) is 7.03. The lowest BCUT2D eigenvalue weighted by Gasteiger charge is -2.15. The predicted octanol–water partition coefficient (Wildman–Crippen LogP) is 1.45. The van der Waals surface area contributed by atoms with E-state index >= 15 is 0 Å². The highest BCUT2D eigenvalue weighted by atomic mass is 16.5. The van der Waals surface area contributed by atoms with Crippen LogP contribution in [-0.2, 0) is 4.79 Å². The summed E-state index contributed by atoms with van der Waals surface area (Å²) in [6, 6.07) is 9.15. The summed E-state index contributed by atoms with van der Waals surface area (Å²) in [6.07, 6.45) is 2.69. The number of aliphatic hydroxyl groups excluding tert-OH is 2. The van der Waals surface area contributed by atoms with Crippen molar-refractivity contribution in [3.8, 4) is 5.75 Å². The molecule has 1 aromatic rings. The van der Waals surface area contributed by atoms with Crippen molar-refractivity contribution >= 4 is 5.97 Å². The van der Waals surface area contributed by atoms with Gasteiger partial charge in [-0.2, -0.15) is 0 Å². The maximum atomic E-state index is 11.1. The van der Waals surface area contributed by atoms with Crippen molar-refractivity contribution in [2.75, 3.05) is 6.61 Å². The lowest BCUT2D eigenvalue weighted by molar-refractivity contribution is -0.145. The Morgan fingerprint density at radius 2 is 2.05 bits per heavy atom. The van der Waals surface area contributed by atoms with Crippen LogP contribution in [-0.4, -0.2) is 40.1 Å². The van der Waals surface area contributed by atoms with Gasteiger partial charge in [0, 0.05) is 0 Å². The first-order valence-corrected chi connectivity index (χ1v) is 7.03. The van der Waals surface area contributed by atoms with E-state index in [9.17, 15) is 15.0 Å². The number of carbonyl (C=O) groups is 1. The molecule has 0 saturated heterocycles. The zero-order valence-corrected chi connectivity index (χ0v) is 11.6. The third kappa shape index (κ3) is 4.31. The van der Waals surface area contributed by atoms with Crippen LogP contribution in [0.4, 0.5) is 0 Å². The zero-order valence-electron chi connectivity index (χ0n) is 11.6. The number of hydrogen-bond acceptors (Lipinski definition) is 4. The van der Waals surface area contributed by atoms with E-state index in [-0.39, 0.29) is 12.5 Å². The number of carboxylic acid groups (broad SMARTS) is 1. The molecule has 4 atom stereocenters. The molecule has 2 rings (SSSR count). The SMILES string of the molecule is O=C(O)C1C(O)CCC1C=CC(O)COc1ccccc1. The van der Waals surface area contributed by atoms with Crippen LogP contribution in [0.15, 0.2) is 42.5 Å². The number of hydrogen-bond donors (Lipinski definition) is 3. The van der Waals surface area contributed by atoms with Crippen LogP contribution in [0.1, 0.15) is 12.8 Å². The molecule has 0 aromatic heterocycles. The summed E-state index contributed by atoms with van der Waals surface area (Å²) in [5.74, 6) is -1.36. The molecule has 0 spiro atoms. The lowest BCUT2D eigenvalue weighted by atomic mass is 9.94. The monoisotopic (exact) mass is 292 g/mol. The van der Waals surface area contributed by atoms with Crippen molar-refractivity contribution in [1.82, 2.24) is 0 Å². The average Bonchev–Trinajstić information content (AvgIpc) is 2.85. The van der Waals surface area contributed by atoms with Gasteiger partial charge in [0.15, 0.2) is 0 Å². The lowest BCUT2D eigenvalue weighted by Crippen LogP contribution is -2.27. The van der Waals surface area contributed by atoms with Gasteiger partial charge in [0.1, 0.15) is 18.5 Å². The van der Waals surface area contributed by atoms with E-state index in [4.69, 9.17) is 9.84 Å². The standard InChI is InChI=1S/C16H20O5/c17-12(10-21-13-4-2-1-3-5-13)8-6-11-7-9-14(18)15(11)16(19)20/h1-6,8,11-12,14-15,17-18H,7,9-10H2,(H,19,20). The Labute approximate surface area is 123 Å². The molecule has 1 fully saturated rings. The fourth-order valence-electron chi connectivity index (χ4n) is 2.60. The number of ether oxygens (including phenoxy) is 1. The van der Waals surface area contributed by atoms with Crippen molar-refractivity contribution < 1.29 is 24.9 Å². The number of allylic oxidation sites excluding steroid dienone is 1. The first-order chi connectivity index (χ1) is 10.1. The minimum atomic E-state index is -0.996. The van der Waals surface area contributed by atoms with E-state index in [1.54, 1.807) is 24.3 Å². The van der Waals surface area contributed by atoms with E-state index in [2.05, 4.69) is 0 Å². The van der Waals surface area contributed by atoms with E-state index in [1.165, 1.54) is 0 Å². The molecule has 4 unspecified atom stereocenters. The molecule has 1 aliphatic rings. The maximum absolute atomic E-state index is 11.1. The topological polar surface area (TPSA) is 87.0 Å². The highest BCUT2D eigenvalue weighted by Crippen LogP contribution is 2.33. The fourth-order valence-corrected chi connectivity index (χ4v) is 2.60. The van der Waals surface area contributed by atoms with Gasteiger partial charge in [0.2, 0.25) is 0 Å². The summed E-state index contributed by atoms with van der Waals surface area (Å²) in [7, 11) is 0. The van der Waals surface area contributed by atoms with Gasteiger partial charge in [-0.3, -0.25) is 4.79 Å². The normalized spacial score (nSPS) is 26.9. The molecule has 1 saturated carbocycles. The Hall–Kier alpha value is -1.85. The molecule has 21 heavy (non-hydrogen) atoms. The highest BCUT2D eigenvalue weighted by Gasteiger charge is 2.38. The molecule has 3 N–H and O–H groups in total. The fraction of sp³-hybridized carbons (Fsp3) is 0.438. The Balaban J connectivity index is 1.84. The zero-order chi connectivity index (χ0) is 15.2. The Morgan fingerprint density at radius 3 is 2.71 bits per heavy atom. The van der Waals surface area contributed by atoms with Gasteiger partial charge in [-0.15, -0.1) is 0 Å². The molecule has 1 aromatic carbocycles. The quantitative estimate of drug-likeness (QED) is 0.691. The third-order valence-electron chi connectivity index (χ3n) is 3.70. The van der Waals surface area contributed by atoms with E-state index in [1.807, 2.05) is 18.2 Å². The summed E-state index contributed by atoms with van der Waals surface area (Å²) in [6.45, 7) is 0.105. The molecule has 0 heterocycles. The molecule has 114 valence electrons. The van der Waals surface area contributed by atoms with Crippen LogP contribution in [0.3, 0.4) is 0 Å². The molecule has 5 nitrogen and oxygen atoms in total. The van der Waals surface area contributed by atoms with Crippen LogP contribution >= 0.6 is 0 Å². The molecule has 0 aliphatic heterocycles. The smallest absolute Gasteiger partial charge is 0.309 e. The molecular formula is C16H20O5. The second-order valence-electron chi connectivity index (χ2n) is 5.25. The molecule has 5 heteroatoms. The van der Waals surface area contributed by atoms with Crippen molar-refractivity contribution in [2.24, 2.45) is 11.8 Å². The minimum absolute atomic E-state index is 0.105. The van der Waals surface area contributed by atoms with Crippen LogP contribution in [0.25, 0.3) is 0 Å². The van der Waals surface area contributed by atoms with Crippen LogP contribution < -0.4 is 4.74 Å². The minimum Gasteiger partial charge on any atom is -0.491 e. The summed E-state index contributed by atoms with van der Waals surface area (Å²) in [5.41, 5.74) is 0. The number of rotatable bonds is 6. The maximum Gasteiger partial charge on any atom is 0.309 e. The predicted molar refractivity (Wildman–Crippen MR) is 76.9 cm³/mol. The number of aliphatic hydroxyl groups is 2. The van der Waals surface area contributed by atoms with Crippen molar-refractivity contribution in [1.29, 1.82) is 0 Å². The van der Waals surface area contributed by atoms with Crippen molar-refractivity contribution in [3.05, 3.63) is 42.5 Å². The van der Waals surface area contributed by atoms with Crippen LogP contribution in [0, 0.1) is 11.8 Å². The van der Waals surface area contributed by atoms with E-state index in [0.29, 0.717) is 18.6 Å². The molecular weight excluding hydrogens is 272 g/mol.